The summed E-state index contributed by atoms with van der Waals surface area (Å²) in [4.78, 5) is 44.0. The van der Waals surface area contributed by atoms with Crippen LogP contribution in [0.5, 0.6) is 0 Å². The van der Waals surface area contributed by atoms with Crippen molar-refractivity contribution in [3.05, 3.63) is 95.1 Å². The molecule has 158 valence electrons. The van der Waals surface area contributed by atoms with Crippen LogP contribution in [0.3, 0.4) is 0 Å². The molecule has 0 fully saturated rings. The molecule has 0 aliphatic carbocycles. The minimum atomic E-state index is -0.322. The van der Waals surface area contributed by atoms with Gasteiger partial charge < -0.3 is 4.57 Å². The van der Waals surface area contributed by atoms with Crippen LogP contribution in [0.2, 0.25) is 0 Å². The molecule has 0 saturated heterocycles. The first-order valence-corrected chi connectivity index (χ1v) is 10.4. The van der Waals surface area contributed by atoms with Gasteiger partial charge in [-0.15, -0.1) is 0 Å². The van der Waals surface area contributed by atoms with Gasteiger partial charge in [0.05, 0.1) is 28.7 Å². The second-order valence-corrected chi connectivity index (χ2v) is 7.56. The van der Waals surface area contributed by atoms with Gasteiger partial charge in [-0.05, 0) is 48.9 Å². The number of rotatable bonds is 5. The second kappa shape index (κ2) is 7.77. The van der Waals surface area contributed by atoms with Crippen LogP contribution in [-0.2, 0) is 13.1 Å². The van der Waals surface area contributed by atoms with Gasteiger partial charge in [0.25, 0.3) is 17.7 Å². The molecule has 0 spiro atoms. The predicted molar refractivity (Wildman–Crippen MR) is 120 cm³/mol. The van der Waals surface area contributed by atoms with E-state index in [2.05, 4.69) is 10.3 Å². The Morgan fingerprint density at radius 3 is 2.31 bits per heavy atom. The van der Waals surface area contributed by atoms with Crippen molar-refractivity contribution in [3.63, 3.8) is 0 Å². The summed E-state index contributed by atoms with van der Waals surface area (Å²) >= 11 is 0. The third-order valence-electron chi connectivity index (χ3n) is 5.60. The maximum Gasteiger partial charge on any atom is 0.261 e. The molecule has 7 nitrogen and oxygen atoms in total. The molecule has 3 amide bonds. The zero-order chi connectivity index (χ0) is 22.2. The van der Waals surface area contributed by atoms with E-state index in [-0.39, 0.29) is 24.3 Å². The highest BCUT2D eigenvalue weighted by molar-refractivity contribution is 6.21. The van der Waals surface area contributed by atoms with E-state index in [0.717, 1.165) is 11.0 Å². The summed E-state index contributed by atoms with van der Waals surface area (Å²) < 4.78 is 1.94. The Kier molecular flexibility index (Phi) is 4.78. The Labute approximate surface area is 184 Å². The highest BCUT2D eigenvalue weighted by Crippen LogP contribution is 2.25. The lowest BCUT2D eigenvalue weighted by Gasteiger charge is -2.14. The standard InChI is InChI=1S/C25H20N4O3/c1-2-28-21-13-6-5-12-20(21)26-25(28)27-22(30)17-9-7-8-16(14-17)15-29-23(31)18-10-3-4-11-19(18)24(29)32/h3-14H,2,15H2,1H3,(H,26,27,30). The summed E-state index contributed by atoms with van der Waals surface area (Å²) in [6.07, 6.45) is 0. The number of imide groups is 1. The molecule has 0 bridgehead atoms. The minimum absolute atomic E-state index is 0.0982. The van der Waals surface area contributed by atoms with Crippen molar-refractivity contribution in [1.82, 2.24) is 14.5 Å². The van der Waals surface area contributed by atoms with E-state index in [0.29, 0.717) is 34.7 Å². The Balaban J connectivity index is 1.38. The minimum Gasteiger partial charge on any atom is -0.310 e. The number of aryl methyl sites for hydroxylation is 1. The smallest absolute Gasteiger partial charge is 0.261 e. The molecular weight excluding hydrogens is 404 g/mol. The number of nitrogens with one attached hydrogen (secondary N) is 1. The lowest BCUT2D eigenvalue weighted by Crippen LogP contribution is -2.29. The molecule has 4 aromatic rings. The lowest BCUT2D eigenvalue weighted by atomic mass is 10.1. The van der Waals surface area contributed by atoms with Gasteiger partial charge in [-0.3, -0.25) is 24.6 Å². The SMILES string of the molecule is CCn1c(NC(=O)c2cccc(CN3C(=O)c4ccccc4C3=O)c2)nc2ccccc21. The number of aromatic nitrogens is 2. The van der Waals surface area contributed by atoms with Crippen LogP contribution in [0.15, 0.2) is 72.8 Å². The molecule has 1 aromatic heterocycles. The van der Waals surface area contributed by atoms with Crippen molar-refractivity contribution in [1.29, 1.82) is 0 Å². The maximum absolute atomic E-state index is 12.9. The fraction of sp³-hybridized carbons (Fsp3) is 0.120. The lowest BCUT2D eigenvalue weighted by molar-refractivity contribution is 0.0642. The van der Waals surface area contributed by atoms with E-state index in [4.69, 9.17) is 0 Å². The molecule has 0 radical (unpaired) electrons. The summed E-state index contributed by atoms with van der Waals surface area (Å²) in [7, 11) is 0. The number of fused-ring (bicyclic) bond motifs is 2. The molecule has 1 aliphatic heterocycles. The molecule has 1 aliphatic rings. The van der Waals surface area contributed by atoms with Gasteiger partial charge in [0.15, 0.2) is 0 Å². The summed E-state index contributed by atoms with van der Waals surface area (Å²) in [5.74, 6) is -0.474. The first-order valence-electron chi connectivity index (χ1n) is 10.4. The fourth-order valence-electron chi connectivity index (χ4n) is 4.04. The molecule has 0 unspecified atom stereocenters. The zero-order valence-electron chi connectivity index (χ0n) is 17.4. The number of hydrogen-bond acceptors (Lipinski definition) is 4. The highest BCUT2D eigenvalue weighted by atomic mass is 16.2. The molecular formula is C25H20N4O3. The Morgan fingerprint density at radius 1 is 0.906 bits per heavy atom. The van der Waals surface area contributed by atoms with Crippen LogP contribution in [0.1, 0.15) is 43.6 Å². The van der Waals surface area contributed by atoms with E-state index >= 15 is 0 Å². The van der Waals surface area contributed by atoms with E-state index in [1.807, 2.05) is 35.8 Å². The number of nitrogens with zero attached hydrogens (tertiary/aromatic N) is 3. The average Bonchev–Trinajstić information content (AvgIpc) is 3.29. The number of carbonyl (C=O) groups is 3. The van der Waals surface area contributed by atoms with Crippen molar-refractivity contribution in [2.45, 2.75) is 20.0 Å². The third-order valence-corrected chi connectivity index (χ3v) is 5.60. The van der Waals surface area contributed by atoms with Crippen molar-refractivity contribution in [2.75, 3.05) is 5.32 Å². The Morgan fingerprint density at radius 2 is 1.59 bits per heavy atom. The van der Waals surface area contributed by atoms with Crippen LogP contribution in [0.25, 0.3) is 11.0 Å². The number of hydrogen-bond donors (Lipinski definition) is 1. The average molecular weight is 424 g/mol. The number of anilines is 1. The van der Waals surface area contributed by atoms with Crippen LogP contribution >= 0.6 is 0 Å². The number of amides is 3. The normalized spacial score (nSPS) is 13.0. The Bertz CT molecular complexity index is 1350. The van der Waals surface area contributed by atoms with Crippen LogP contribution in [0, 0.1) is 0 Å². The molecule has 2 heterocycles. The fourth-order valence-corrected chi connectivity index (χ4v) is 4.04. The second-order valence-electron chi connectivity index (χ2n) is 7.56. The highest BCUT2D eigenvalue weighted by Gasteiger charge is 2.35. The van der Waals surface area contributed by atoms with Crippen LogP contribution < -0.4 is 5.32 Å². The third kappa shape index (κ3) is 3.24. The summed E-state index contributed by atoms with van der Waals surface area (Å²) in [6.45, 7) is 2.75. The quantitative estimate of drug-likeness (QED) is 0.489. The maximum atomic E-state index is 12.9. The molecule has 1 N–H and O–H groups in total. The van der Waals surface area contributed by atoms with Gasteiger partial charge in [-0.1, -0.05) is 36.4 Å². The van der Waals surface area contributed by atoms with Crippen LogP contribution in [0.4, 0.5) is 5.95 Å². The van der Waals surface area contributed by atoms with Gasteiger partial charge in [0.2, 0.25) is 5.95 Å². The molecule has 7 heteroatoms. The molecule has 0 atom stereocenters. The molecule has 32 heavy (non-hydrogen) atoms. The van der Waals surface area contributed by atoms with Gasteiger partial charge in [-0.2, -0.15) is 0 Å². The zero-order valence-corrected chi connectivity index (χ0v) is 17.4. The number of carbonyl (C=O) groups excluding carboxylic acids is 3. The van der Waals surface area contributed by atoms with E-state index in [1.54, 1.807) is 48.5 Å². The predicted octanol–water partition coefficient (Wildman–Crippen LogP) is 4.10. The summed E-state index contributed by atoms with van der Waals surface area (Å²) in [5.41, 5.74) is 3.69. The van der Waals surface area contributed by atoms with Crippen molar-refractivity contribution in [3.8, 4) is 0 Å². The largest absolute Gasteiger partial charge is 0.310 e. The summed E-state index contributed by atoms with van der Waals surface area (Å²) in [5, 5.41) is 2.89. The molecule has 5 rings (SSSR count). The number of benzene rings is 3. The Hall–Kier alpha value is -4.26. The van der Waals surface area contributed by atoms with E-state index < -0.39 is 0 Å². The van der Waals surface area contributed by atoms with Crippen LogP contribution in [-0.4, -0.2) is 32.2 Å². The number of para-hydroxylation sites is 2. The summed E-state index contributed by atoms with van der Waals surface area (Å²) in [6, 6.07) is 21.4. The van der Waals surface area contributed by atoms with E-state index in [1.165, 1.54) is 4.90 Å². The monoisotopic (exact) mass is 424 g/mol. The molecule has 3 aromatic carbocycles. The number of imidazole rings is 1. The molecule has 0 saturated carbocycles. The van der Waals surface area contributed by atoms with Crippen molar-refractivity contribution in [2.24, 2.45) is 0 Å². The van der Waals surface area contributed by atoms with E-state index in [9.17, 15) is 14.4 Å². The van der Waals surface area contributed by atoms with Gasteiger partial charge >= 0.3 is 0 Å². The van der Waals surface area contributed by atoms with Gasteiger partial charge in [0.1, 0.15) is 0 Å². The van der Waals surface area contributed by atoms with Crippen molar-refractivity contribution >= 4 is 34.7 Å². The van der Waals surface area contributed by atoms with Gasteiger partial charge in [-0.25, -0.2) is 4.98 Å². The first kappa shape index (κ1) is 19.7. The van der Waals surface area contributed by atoms with Gasteiger partial charge in [0, 0.05) is 12.1 Å². The first-order chi connectivity index (χ1) is 15.6. The van der Waals surface area contributed by atoms with Crippen molar-refractivity contribution < 1.29 is 14.4 Å². The topological polar surface area (TPSA) is 84.3 Å².